The van der Waals surface area contributed by atoms with E-state index in [1.165, 1.54) is 19.1 Å². The lowest BCUT2D eigenvalue weighted by Gasteiger charge is -2.03. The van der Waals surface area contributed by atoms with E-state index in [-0.39, 0.29) is 17.5 Å². The highest BCUT2D eigenvalue weighted by molar-refractivity contribution is 9.10. The van der Waals surface area contributed by atoms with Crippen LogP contribution >= 0.6 is 15.9 Å². The molecule has 0 spiro atoms. The first-order valence-electron chi connectivity index (χ1n) is 5.82. The Morgan fingerprint density at radius 3 is 2.84 bits per heavy atom. The summed E-state index contributed by atoms with van der Waals surface area (Å²) in [5, 5.41) is 3.84. The second-order valence-corrected chi connectivity index (χ2v) is 5.01. The van der Waals surface area contributed by atoms with Crippen LogP contribution < -0.4 is 0 Å². The molecule has 19 heavy (non-hydrogen) atoms. The van der Waals surface area contributed by atoms with Crippen molar-refractivity contribution in [1.29, 1.82) is 0 Å². The highest BCUT2D eigenvalue weighted by atomic mass is 79.9. The van der Waals surface area contributed by atoms with Gasteiger partial charge >= 0.3 is 0 Å². The SMILES string of the molecule is CCC(C(C)=O)c1nc(-c2ccc(F)cc2Br)no1. The van der Waals surface area contributed by atoms with Crippen molar-refractivity contribution >= 4 is 21.7 Å². The molecule has 0 radical (unpaired) electrons. The first-order valence-corrected chi connectivity index (χ1v) is 6.61. The van der Waals surface area contributed by atoms with Crippen LogP contribution in [0.5, 0.6) is 0 Å². The quantitative estimate of drug-likeness (QED) is 0.859. The minimum Gasteiger partial charge on any atom is -0.338 e. The largest absolute Gasteiger partial charge is 0.338 e. The van der Waals surface area contributed by atoms with E-state index in [1.54, 1.807) is 6.07 Å². The van der Waals surface area contributed by atoms with Crippen LogP contribution in [0, 0.1) is 5.82 Å². The van der Waals surface area contributed by atoms with Crippen molar-refractivity contribution in [2.24, 2.45) is 0 Å². The number of rotatable bonds is 4. The first kappa shape index (κ1) is 13.9. The maximum Gasteiger partial charge on any atom is 0.237 e. The van der Waals surface area contributed by atoms with Gasteiger partial charge in [-0.25, -0.2) is 4.39 Å². The third-order valence-corrected chi connectivity index (χ3v) is 3.47. The summed E-state index contributed by atoms with van der Waals surface area (Å²) in [6.07, 6.45) is 0.599. The molecule has 6 heteroatoms. The van der Waals surface area contributed by atoms with Gasteiger partial charge in [0.2, 0.25) is 11.7 Å². The van der Waals surface area contributed by atoms with E-state index in [9.17, 15) is 9.18 Å². The zero-order valence-electron chi connectivity index (χ0n) is 10.5. The molecule has 0 aliphatic carbocycles. The van der Waals surface area contributed by atoms with Gasteiger partial charge in [0.05, 0.1) is 5.92 Å². The fourth-order valence-corrected chi connectivity index (χ4v) is 2.32. The Balaban J connectivity index is 2.38. The Morgan fingerprint density at radius 2 is 2.26 bits per heavy atom. The van der Waals surface area contributed by atoms with Crippen molar-refractivity contribution in [2.45, 2.75) is 26.2 Å². The monoisotopic (exact) mass is 326 g/mol. The van der Waals surface area contributed by atoms with Gasteiger partial charge in [-0.3, -0.25) is 4.79 Å². The maximum atomic E-state index is 13.0. The van der Waals surface area contributed by atoms with Crippen LogP contribution in [-0.2, 0) is 4.79 Å². The van der Waals surface area contributed by atoms with Crippen LogP contribution in [0.2, 0.25) is 0 Å². The summed E-state index contributed by atoms with van der Waals surface area (Å²) in [6, 6.07) is 4.20. The van der Waals surface area contributed by atoms with E-state index in [4.69, 9.17) is 4.52 Å². The molecular formula is C13H12BrFN2O2. The van der Waals surface area contributed by atoms with Crippen LogP contribution in [0.25, 0.3) is 11.4 Å². The molecule has 1 unspecified atom stereocenters. The Bertz CT molecular complexity index is 612. The molecule has 2 aromatic rings. The Morgan fingerprint density at radius 1 is 1.53 bits per heavy atom. The lowest BCUT2D eigenvalue weighted by molar-refractivity contribution is -0.119. The molecule has 0 aliphatic rings. The van der Waals surface area contributed by atoms with Gasteiger partial charge in [0.1, 0.15) is 11.6 Å². The highest BCUT2D eigenvalue weighted by Gasteiger charge is 2.22. The van der Waals surface area contributed by atoms with E-state index < -0.39 is 0 Å². The standard InChI is InChI=1S/C13H12BrFN2O2/c1-3-9(7(2)18)13-16-12(17-19-13)10-5-4-8(15)6-11(10)14/h4-6,9H,3H2,1-2H3. The number of carbonyl (C=O) groups is 1. The number of benzene rings is 1. The molecule has 0 N–H and O–H groups in total. The molecule has 0 aliphatic heterocycles. The van der Waals surface area contributed by atoms with Crippen LogP contribution in [-0.4, -0.2) is 15.9 Å². The lowest BCUT2D eigenvalue weighted by atomic mass is 10.0. The van der Waals surface area contributed by atoms with Gasteiger partial charge in [0.25, 0.3) is 0 Å². The number of hydrogen-bond donors (Lipinski definition) is 0. The Kier molecular flexibility index (Phi) is 4.09. The Labute approximate surface area is 118 Å². The van der Waals surface area contributed by atoms with Gasteiger partial charge in [-0.2, -0.15) is 4.98 Å². The molecule has 0 saturated carbocycles. The van der Waals surface area contributed by atoms with Gasteiger partial charge in [0.15, 0.2) is 0 Å². The third-order valence-electron chi connectivity index (χ3n) is 2.81. The van der Waals surface area contributed by atoms with Gasteiger partial charge < -0.3 is 4.52 Å². The van der Waals surface area contributed by atoms with Gasteiger partial charge in [0, 0.05) is 10.0 Å². The van der Waals surface area contributed by atoms with Crippen molar-refractivity contribution in [3.05, 3.63) is 34.4 Å². The second-order valence-electron chi connectivity index (χ2n) is 4.15. The summed E-state index contributed by atoms with van der Waals surface area (Å²) in [5.74, 6) is -0.131. The number of halogens is 2. The van der Waals surface area contributed by atoms with E-state index in [2.05, 4.69) is 26.1 Å². The molecule has 0 amide bonds. The number of Topliss-reactive ketones (excluding diaryl/α,β-unsaturated/α-hetero) is 1. The molecule has 1 aromatic carbocycles. The van der Waals surface area contributed by atoms with Crippen molar-refractivity contribution in [3.8, 4) is 11.4 Å². The smallest absolute Gasteiger partial charge is 0.237 e. The maximum absolute atomic E-state index is 13.0. The average molecular weight is 327 g/mol. The van der Waals surface area contributed by atoms with Crippen LogP contribution in [0.4, 0.5) is 4.39 Å². The summed E-state index contributed by atoms with van der Waals surface area (Å²) >= 11 is 3.25. The number of nitrogens with zero attached hydrogens (tertiary/aromatic N) is 2. The van der Waals surface area contributed by atoms with Crippen LogP contribution in [0.3, 0.4) is 0 Å². The zero-order valence-corrected chi connectivity index (χ0v) is 12.1. The van der Waals surface area contributed by atoms with E-state index >= 15 is 0 Å². The summed E-state index contributed by atoms with van der Waals surface area (Å²) < 4.78 is 18.7. The summed E-state index contributed by atoms with van der Waals surface area (Å²) in [6.45, 7) is 3.37. The van der Waals surface area contributed by atoms with Gasteiger partial charge in [-0.1, -0.05) is 12.1 Å². The summed E-state index contributed by atoms with van der Waals surface area (Å²) in [7, 11) is 0. The zero-order chi connectivity index (χ0) is 14.0. The minimum atomic E-state index is -0.388. The topological polar surface area (TPSA) is 56.0 Å². The molecule has 0 fully saturated rings. The molecule has 1 heterocycles. The van der Waals surface area contributed by atoms with Gasteiger partial charge in [-0.05, 0) is 47.5 Å². The van der Waals surface area contributed by atoms with E-state index in [0.29, 0.717) is 28.2 Å². The van der Waals surface area contributed by atoms with Crippen LogP contribution in [0.1, 0.15) is 32.1 Å². The molecule has 1 atom stereocenters. The van der Waals surface area contributed by atoms with Crippen molar-refractivity contribution in [2.75, 3.05) is 0 Å². The fraction of sp³-hybridized carbons (Fsp3) is 0.308. The molecule has 100 valence electrons. The molecular weight excluding hydrogens is 315 g/mol. The average Bonchev–Trinajstić information content (AvgIpc) is 2.78. The van der Waals surface area contributed by atoms with Gasteiger partial charge in [-0.15, -0.1) is 0 Å². The first-order chi connectivity index (χ1) is 9.02. The Hall–Kier alpha value is -1.56. The molecule has 1 aromatic heterocycles. The van der Waals surface area contributed by atoms with Crippen LogP contribution in [0.15, 0.2) is 27.2 Å². The van der Waals surface area contributed by atoms with E-state index in [1.807, 2.05) is 6.92 Å². The normalized spacial score (nSPS) is 12.4. The molecule has 0 bridgehead atoms. The number of hydrogen-bond acceptors (Lipinski definition) is 4. The highest BCUT2D eigenvalue weighted by Crippen LogP contribution is 2.28. The fourth-order valence-electron chi connectivity index (χ4n) is 1.79. The molecule has 2 rings (SSSR count). The number of aromatic nitrogens is 2. The predicted molar refractivity (Wildman–Crippen MR) is 71.1 cm³/mol. The second kappa shape index (κ2) is 5.61. The van der Waals surface area contributed by atoms with Crippen molar-refractivity contribution < 1.29 is 13.7 Å². The van der Waals surface area contributed by atoms with E-state index in [0.717, 1.165) is 0 Å². The number of ketones is 1. The minimum absolute atomic E-state index is 0.0177. The summed E-state index contributed by atoms with van der Waals surface area (Å²) in [5.41, 5.74) is 0.620. The van der Waals surface area contributed by atoms with Crippen molar-refractivity contribution in [1.82, 2.24) is 10.1 Å². The van der Waals surface area contributed by atoms with Crippen molar-refractivity contribution in [3.63, 3.8) is 0 Å². The number of carbonyl (C=O) groups excluding carboxylic acids is 1. The predicted octanol–water partition coefficient (Wildman–Crippen LogP) is 3.72. The summed E-state index contributed by atoms with van der Waals surface area (Å²) in [4.78, 5) is 15.7. The third kappa shape index (κ3) is 2.89. The molecule has 0 saturated heterocycles. The lowest BCUT2D eigenvalue weighted by Crippen LogP contribution is -2.07. The molecule has 4 nitrogen and oxygen atoms in total.